The number of benzene rings is 2. The smallest absolute Gasteiger partial charge is 0.253 e. The summed E-state index contributed by atoms with van der Waals surface area (Å²) < 4.78 is 11.6. The van der Waals surface area contributed by atoms with E-state index in [1.807, 2.05) is 36.4 Å². The quantitative estimate of drug-likeness (QED) is 0.804. The van der Waals surface area contributed by atoms with Crippen LogP contribution in [0.2, 0.25) is 0 Å². The molecule has 2 aromatic carbocycles. The van der Waals surface area contributed by atoms with Crippen LogP contribution in [0.25, 0.3) is 11.0 Å². The van der Waals surface area contributed by atoms with E-state index in [0.29, 0.717) is 24.5 Å². The van der Waals surface area contributed by atoms with Gasteiger partial charge in [-0.2, -0.15) is 0 Å². The van der Waals surface area contributed by atoms with Crippen LogP contribution in [0.5, 0.6) is 11.5 Å². The summed E-state index contributed by atoms with van der Waals surface area (Å²) in [5.41, 5.74) is 2.31. The molecule has 1 atom stereocenters. The van der Waals surface area contributed by atoms with Crippen molar-refractivity contribution in [3.63, 3.8) is 0 Å². The summed E-state index contributed by atoms with van der Waals surface area (Å²) in [6, 6.07) is 13.0. The minimum absolute atomic E-state index is 0.0611. The lowest BCUT2D eigenvalue weighted by Gasteiger charge is -2.29. The van der Waals surface area contributed by atoms with Crippen LogP contribution in [0.1, 0.15) is 10.4 Å². The molecule has 0 saturated carbocycles. The number of H-pyrrole nitrogens is 1. The second-order valence-corrected chi connectivity index (χ2v) is 5.82. The van der Waals surface area contributed by atoms with Crippen LogP contribution >= 0.6 is 0 Å². The number of hydrogen-bond acceptors (Lipinski definition) is 4. The summed E-state index contributed by atoms with van der Waals surface area (Å²) in [7, 11) is 1.77. The number of amides is 1. The Morgan fingerprint density at radius 1 is 1.29 bits per heavy atom. The normalized spacial score (nSPS) is 16.1. The maximum absolute atomic E-state index is 12.6. The Balaban J connectivity index is 1.46. The summed E-state index contributed by atoms with van der Waals surface area (Å²) in [4.78, 5) is 21.5. The molecule has 0 aliphatic carbocycles. The summed E-state index contributed by atoms with van der Waals surface area (Å²) in [5.74, 6) is 1.40. The molecule has 1 N–H and O–H groups in total. The van der Waals surface area contributed by atoms with Gasteiger partial charge in [-0.1, -0.05) is 12.1 Å². The van der Waals surface area contributed by atoms with Crippen LogP contribution < -0.4 is 9.47 Å². The molecule has 6 nitrogen and oxygen atoms in total. The monoisotopic (exact) mass is 323 g/mol. The second kappa shape index (κ2) is 5.88. The van der Waals surface area contributed by atoms with E-state index in [-0.39, 0.29) is 12.0 Å². The zero-order valence-electron chi connectivity index (χ0n) is 13.2. The van der Waals surface area contributed by atoms with Gasteiger partial charge < -0.3 is 19.4 Å². The van der Waals surface area contributed by atoms with Gasteiger partial charge in [0.1, 0.15) is 6.61 Å². The van der Waals surface area contributed by atoms with E-state index < -0.39 is 0 Å². The fourth-order valence-electron chi connectivity index (χ4n) is 2.83. The zero-order chi connectivity index (χ0) is 16.5. The van der Waals surface area contributed by atoms with E-state index in [1.54, 1.807) is 24.3 Å². The molecular weight excluding hydrogens is 306 g/mol. The maximum atomic E-state index is 12.6. The number of carbonyl (C=O) groups excluding carboxylic acids is 1. The van der Waals surface area contributed by atoms with Crippen molar-refractivity contribution in [2.75, 3.05) is 20.2 Å². The van der Waals surface area contributed by atoms with E-state index in [4.69, 9.17) is 9.47 Å². The third-order valence-electron chi connectivity index (χ3n) is 4.06. The van der Waals surface area contributed by atoms with Crippen molar-refractivity contribution in [1.82, 2.24) is 14.9 Å². The van der Waals surface area contributed by atoms with E-state index in [1.165, 1.54) is 0 Å². The van der Waals surface area contributed by atoms with Crippen LogP contribution in [0.3, 0.4) is 0 Å². The molecule has 24 heavy (non-hydrogen) atoms. The molecule has 2 heterocycles. The maximum Gasteiger partial charge on any atom is 0.253 e. The average Bonchev–Trinajstić information content (AvgIpc) is 3.08. The number of nitrogens with one attached hydrogen (secondary N) is 1. The Kier molecular flexibility index (Phi) is 3.57. The highest BCUT2D eigenvalue weighted by Crippen LogP contribution is 2.31. The van der Waals surface area contributed by atoms with Gasteiger partial charge in [0.2, 0.25) is 0 Å². The third kappa shape index (κ3) is 2.67. The topological polar surface area (TPSA) is 67.5 Å². The number of hydrogen-bond donors (Lipinski definition) is 1. The van der Waals surface area contributed by atoms with Gasteiger partial charge in [-0.15, -0.1) is 0 Å². The predicted molar refractivity (Wildman–Crippen MR) is 89.4 cm³/mol. The summed E-state index contributed by atoms with van der Waals surface area (Å²) in [6.45, 7) is 0.877. The highest BCUT2D eigenvalue weighted by Gasteiger charge is 2.24. The van der Waals surface area contributed by atoms with Crippen molar-refractivity contribution >= 4 is 16.9 Å². The van der Waals surface area contributed by atoms with Crippen molar-refractivity contribution < 1.29 is 14.3 Å². The van der Waals surface area contributed by atoms with Gasteiger partial charge in [0, 0.05) is 12.6 Å². The van der Waals surface area contributed by atoms with Crippen LogP contribution in [0.4, 0.5) is 0 Å². The summed E-state index contributed by atoms with van der Waals surface area (Å²) >= 11 is 0. The fraction of sp³-hybridized carbons (Fsp3) is 0.222. The van der Waals surface area contributed by atoms with E-state index >= 15 is 0 Å². The lowest BCUT2D eigenvalue weighted by atomic mass is 10.1. The van der Waals surface area contributed by atoms with Gasteiger partial charge in [0.05, 0.1) is 23.9 Å². The van der Waals surface area contributed by atoms with Gasteiger partial charge >= 0.3 is 0 Å². The molecular formula is C18H17N3O3. The molecule has 122 valence electrons. The number of rotatable bonds is 3. The highest BCUT2D eigenvalue weighted by atomic mass is 16.6. The van der Waals surface area contributed by atoms with E-state index in [2.05, 4.69) is 9.97 Å². The lowest BCUT2D eigenvalue weighted by Crippen LogP contribution is -2.41. The van der Waals surface area contributed by atoms with Crippen molar-refractivity contribution in [3.8, 4) is 11.5 Å². The molecule has 0 fully saturated rings. The van der Waals surface area contributed by atoms with E-state index in [0.717, 1.165) is 16.8 Å². The number of nitrogens with zero attached hydrogens (tertiary/aromatic N) is 2. The minimum Gasteiger partial charge on any atom is -0.486 e. The molecule has 0 spiro atoms. The molecule has 0 radical (unpaired) electrons. The van der Waals surface area contributed by atoms with Gasteiger partial charge in [-0.3, -0.25) is 4.79 Å². The first-order valence-electron chi connectivity index (χ1n) is 7.78. The molecule has 0 unspecified atom stereocenters. The van der Waals surface area contributed by atoms with Crippen molar-refractivity contribution in [2.24, 2.45) is 0 Å². The molecule has 6 heteroatoms. The third-order valence-corrected chi connectivity index (χ3v) is 4.06. The number of imidazole rings is 1. The molecule has 1 aliphatic heterocycles. The Labute approximate surface area is 139 Å². The van der Waals surface area contributed by atoms with Crippen LogP contribution in [0, 0.1) is 0 Å². The van der Waals surface area contributed by atoms with Crippen LogP contribution in [-0.4, -0.2) is 47.1 Å². The SMILES string of the molecule is CN(C[C@H]1COc2ccccc2O1)C(=O)c1ccc2nc[nH]c2c1. The zero-order valence-corrected chi connectivity index (χ0v) is 13.2. The Morgan fingerprint density at radius 2 is 2.12 bits per heavy atom. The standard InChI is InChI=1S/C18H17N3O3/c1-21(9-13-10-23-16-4-2-3-5-17(16)24-13)18(22)12-6-7-14-15(8-12)20-11-19-14/h2-8,11,13H,9-10H2,1H3,(H,19,20)/t13-/m0/s1. The number of aromatic nitrogens is 2. The fourth-order valence-corrected chi connectivity index (χ4v) is 2.83. The number of aromatic amines is 1. The molecule has 1 aliphatic rings. The minimum atomic E-state index is -0.190. The first-order valence-corrected chi connectivity index (χ1v) is 7.78. The second-order valence-electron chi connectivity index (χ2n) is 5.82. The first-order chi connectivity index (χ1) is 11.7. The number of carbonyl (C=O) groups is 1. The van der Waals surface area contributed by atoms with Gasteiger partial charge in [-0.25, -0.2) is 4.98 Å². The number of fused-ring (bicyclic) bond motifs is 2. The lowest BCUT2D eigenvalue weighted by molar-refractivity contribution is 0.0521. The van der Waals surface area contributed by atoms with E-state index in [9.17, 15) is 4.79 Å². The number of ether oxygens (including phenoxy) is 2. The number of likely N-dealkylation sites (N-methyl/N-ethyl adjacent to an activating group) is 1. The van der Waals surface area contributed by atoms with Crippen LogP contribution in [-0.2, 0) is 0 Å². The van der Waals surface area contributed by atoms with Crippen molar-refractivity contribution in [1.29, 1.82) is 0 Å². The van der Waals surface area contributed by atoms with Crippen molar-refractivity contribution in [2.45, 2.75) is 6.10 Å². The summed E-state index contributed by atoms with van der Waals surface area (Å²) in [5, 5.41) is 0. The Morgan fingerprint density at radius 3 is 3.00 bits per heavy atom. The number of para-hydroxylation sites is 2. The molecule has 4 rings (SSSR count). The molecule has 1 amide bonds. The van der Waals surface area contributed by atoms with Crippen LogP contribution in [0.15, 0.2) is 48.8 Å². The van der Waals surface area contributed by atoms with Crippen molar-refractivity contribution in [3.05, 3.63) is 54.4 Å². The molecule has 1 aromatic heterocycles. The largest absolute Gasteiger partial charge is 0.486 e. The first kappa shape index (κ1) is 14.6. The van der Waals surface area contributed by atoms with Gasteiger partial charge in [0.15, 0.2) is 17.6 Å². The predicted octanol–water partition coefficient (Wildman–Crippen LogP) is 2.47. The Bertz CT molecular complexity index is 890. The molecule has 0 bridgehead atoms. The molecule has 0 saturated heterocycles. The average molecular weight is 323 g/mol. The summed E-state index contributed by atoms with van der Waals surface area (Å²) in [6.07, 6.45) is 1.43. The van der Waals surface area contributed by atoms with Gasteiger partial charge in [0.25, 0.3) is 5.91 Å². The molecule has 3 aromatic rings. The van der Waals surface area contributed by atoms with Gasteiger partial charge in [-0.05, 0) is 30.3 Å². The highest BCUT2D eigenvalue weighted by molar-refractivity contribution is 5.97. The Hall–Kier alpha value is -3.02.